The van der Waals surface area contributed by atoms with Crippen LogP contribution in [0.2, 0.25) is 0 Å². The highest BCUT2D eigenvalue weighted by Gasteiger charge is 2.20. The van der Waals surface area contributed by atoms with Gasteiger partial charge in [0.1, 0.15) is 33.5 Å². The van der Waals surface area contributed by atoms with Gasteiger partial charge in [0, 0.05) is 43.1 Å². The zero-order valence-electron chi connectivity index (χ0n) is 27.2. The molecule has 0 aliphatic heterocycles. The lowest BCUT2D eigenvalue weighted by Gasteiger charge is -2.17. The number of fused-ring (bicyclic) bond motifs is 14. The van der Waals surface area contributed by atoms with E-state index in [-0.39, 0.29) is 0 Å². The van der Waals surface area contributed by atoms with Crippen LogP contribution < -0.4 is 0 Å². The van der Waals surface area contributed by atoms with Crippen LogP contribution in [0.25, 0.3) is 120 Å². The molecule has 0 aliphatic carbocycles. The molecule has 0 amide bonds. The van der Waals surface area contributed by atoms with Gasteiger partial charge in [0.15, 0.2) is 0 Å². The maximum absolute atomic E-state index is 6.64. The van der Waals surface area contributed by atoms with E-state index in [9.17, 15) is 0 Å². The smallest absolute Gasteiger partial charge is 0.143 e. The van der Waals surface area contributed by atoms with Crippen LogP contribution in [0.3, 0.4) is 0 Å². The summed E-state index contributed by atoms with van der Waals surface area (Å²) in [6, 6.07) is 56.1. The van der Waals surface area contributed by atoms with Crippen molar-refractivity contribution in [2.45, 2.75) is 0 Å². The normalized spacial score (nSPS) is 12.3. The van der Waals surface area contributed by atoms with Gasteiger partial charge in [0.05, 0.1) is 0 Å². The van der Waals surface area contributed by atoms with Gasteiger partial charge in [-0.25, -0.2) is 0 Å². The van der Waals surface area contributed by atoms with Crippen LogP contribution in [0.5, 0.6) is 0 Å². The Hall–Kier alpha value is -6.84. The molecular formula is C48H26O3. The lowest BCUT2D eigenvalue weighted by Crippen LogP contribution is -1.90. The zero-order chi connectivity index (χ0) is 33.2. The molecule has 0 N–H and O–H groups in total. The Balaban J connectivity index is 1.10. The Labute approximate surface area is 290 Å². The molecule has 3 heterocycles. The van der Waals surface area contributed by atoms with Gasteiger partial charge in [0.2, 0.25) is 0 Å². The van der Waals surface area contributed by atoms with E-state index in [1.807, 2.05) is 24.3 Å². The summed E-state index contributed by atoms with van der Waals surface area (Å²) in [5.74, 6) is 0. The van der Waals surface area contributed by atoms with E-state index < -0.39 is 0 Å². The molecule has 0 fully saturated rings. The van der Waals surface area contributed by atoms with Crippen molar-refractivity contribution >= 4 is 98.1 Å². The van der Waals surface area contributed by atoms with Crippen molar-refractivity contribution in [2.24, 2.45) is 0 Å². The largest absolute Gasteiger partial charge is 0.456 e. The Morgan fingerprint density at radius 2 is 0.569 bits per heavy atom. The van der Waals surface area contributed by atoms with Gasteiger partial charge in [-0.3, -0.25) is 0 Å². The van der Waals surface area contributed by atoms with E-state index in [0.29, 0.717) is 0 Å². The van der Waals surface area contributed by atoms with Crippen molar-refractivity contribution in [3.8, 4) is 22.3 Å². The van der Waals surface area contributed by atoms with Crippen LogP contribution in [-0.2, 0) is 0 Å². The van der Waals surface area contributed by atoms with Crippen molar-refractivity contribution in [1.29, 1.82) is 0 Å². The van der Waals surface area contributed by atoms with Crippen molar-refractivity contribution in [1.82, 2.24) is 0 Å². The number of furan rings is 3. The Kier molecular flexibility index (Phi) is 5.23. The van der Waals surface area contributed by atoms with Crippen molar-refractivity contribution in [3.05, 3.63) is 158 Å². The molecule has 236 valence electrons. The summed E-state index contributed by atoms with van der Waals surface area (Å²) in [4.78, 5) is 0. The minimum Gasteiger partial charge on any atom is -0.456 e. The maximum atomic E-state index is 6.64. The van der Waals surface area contributed by atoms with E-state index in [2.05, 4.69) is 133 Å². The lowest BCUT2D eigenvalue weighted by atomic mass is 9.85. The summed E-state index contributed by atoms with van der Waals surface area (Å²) in [5, 5.41) is 13.7. The molecule has 9 aromatic carbocycles. The van der Waals surface area contributed by atoms with Crippen molar-refractivity contribution in [2.75, 3.05) is 0 Å². The van der Waals surface area contributed by atoms with Gasteiger partial charge in [-0.1, -0.05) is 97.1 Å². The summed E-state index contributed by atoms with van der Waals surface area (Å²) in [5.41, 5.74) is 10.2. The van der Waals surface area contributed by atoms with Gasteiger partial charge >= 0.3 is 0 Å². The third kappa shape index (κ3) is 3.67. The molecule has 0 saturated heterocycles. The second-order valence-corrected chi connectivity index (χ2v) is 13.5. The fourth-order valence-corrected chi connectivity index (χ4v) is 8.61. The Bertz CT molecular complexity index is 3370. The summed E-state index contributed by atoms with van der Waals surface area (Å²) in [6.07, 6.45) is 0. The Morgan fingerprint density at radius 3 is 1.08 bits per heavy atom. The first-order valence-electron chi connectivity index (χ1n) is 17.3. The van der Waals surface area contributed by atoms with Gasteiger partial charge in [-0.05, 0) is 104 Å². The fraction of sp³-hybridized carbons (Fsp3) is 0. The van der Waals surface area contributed by atoms with Crippen LogP contribution in [0.15, 0.2) is 171 Å². The third-order valence-corrected chi connectivity index (χ3v) is 10.9. The first kappa shape index (κ1) is 27.0. The molecule has 0 radical (unpaired) electrons. The molecule has 12 aromatic rings. The molecule has 0 aliphatic rings. The molecule has 0 saturated carbocycles. The van der Waals surface area contributed by atoms with E-state index >= 15 is 0 Å². The van der Waals surface area contributed by atoms with Crippen LogP contribution in [-0.4, -0.2) is 0 Å². The second-order valence-electron chi connectivity index (χ2n) is 13.5. The van der Waals surface area contributed by atoms with Crippen molar-refractivity contribution < 1.29 is 13.3 Å². The summed E-state index contributed by atoms with van der Waals surface area (Å²) in [6.45, 7) is 0. The van der Waals surface area contributed by atoms with Crippen LogP contribution in [0.4, 0.5) is 0 Å². The minimum atomic E-state index is 0.872. The summed E-state index contributed by atoms with van der Waals surface area (Å²) < 4.78 is 19.2. The number of hydrogen-bond donors (Lipinski definition) is 0. The molecule has 0 atom stereocenters. The molecule has 12 rings (SSSR count). The predicted octanol–water partition coefficient (Wildman–Crippen LogP) is 14.2. The fourth-order valence-electron chi connectivity index (χ4n) is 8.61. The molecule has 51 heavy (non-hydrogen) atoms. The number of para-hydroxylation sites is 2. The highest BCUT2D eigenvalue weighted by Crippen LogP contribution is 2.46. The number of benzene rings is 9. The first-order chi connectivity index (χ1) is 25.3. The molecule has 0 bridgehead atoms. The predicted molar refractivity (Wildman–Crippen MR) is 212 cm³/mol. The molecule has 3 nitrogen and oxygen atoms in total. The van der Waals surface area contributed by atoms with E-state index in [1.165, 1.54) is 38.2 Å². The monoisotopic (exact) mass is 650 g/mol. The SMILES string of the molecule is c1ccc2c(c1)oc1ccc(-c3c4ccccc4c(-c4ccc5oc6c(ccc7c6ccc6c8ccccc8oc67)c5c4)c4ccccc34)cc12. The number of hydrogen-bond acceptors (Lipinski definition) is 3. The first-order valence-corrected chi connectivity index (χ1v) is 17.3. The maximum Gasteiger partial charge on any atom is 0.143 e. The average molecular weight is 651 g/mol. The lowest BCUT2D eigenvalue weighted by molar-refractivity contribution is 0.669. The third-order valence-electron chi connectivity index (χ3n) is 10.9. The standard InChI is InChI=1S/C48H26O3/c1-3-13-33-31(11-1)45(27-17-23-43-39(25-27)30-10-6-7-15-41(30)49-43)32-12-2-4-14-34(32)46(33)28-18-24-44-40(26-28)38-22-21-36-37(48(38)51-44)20-19-35-29-9-5-8-16-42(29)50-47(35)36/h1-26H. The molecule has 0 unspecified atom stereocenters. The van der Waals surface area contributed by atoms with Gasteiger partial charge in [-0.15, -0.1) is 0 Å². The van der Waals surface area contributed by atoms with Crippen LogP contribution in [0.1, 0.15) is 0 Å². The van der Waals surface area contributed by atoms with Gasteiger partial charge in [0.25, 0.3) is 0 Å². The number of rotatable bonds is 2. The highest BCUT2D eigenvalue weighted by molar-refractivity contribution is 6.25. The van der Waals surface area contributed by atoms with Crippen LogP contribution in [0, 0.1) is 0 Å². The molecular weight excluding hydrogens is 625 g/mol. The zero-order valence-corrected chi connectivity index (χ0v) is 27.2. The van der Waals surface area contributed by atoms with Gasteiger partial charge < -0.3 is 13.3 Å². The Morgan fingerprint density at radius 1 is 0.235 bits per heavy atom. The van der Waals surface area contributed by atoms with Gasteiger partial charge in [-0.2, -0.15) is 0 Å². The molecule has 3 aromatic heterocycles. The summed E-state index contributed by atoms with van der Waals surface area (Å²) in [7, 11) is 0. The van der Waals surface area contributed by atoms with E-state index in [1.54, 1.807) is 0 Å². The van der Waals surface area contributed by atoms with Crippen LogP contribution >= 0.6 is 0 Å². The molecule has 3 heteroatoms. The average Bonchev–Trinajstić information content (AvgIpc) is 3.88. The quantitative estimate of drug-likeness (QED) is 0.175. The topological polar surface area (TPSA) is 39.4 Å². The highest BCUT2D eigenvalue weighted by atomic mass is 16.3. The van der Waals surface area contributed by atoms with Crippen molar-refractivity contribution in [3.63, 3.8) is 0 Å². The molecule has 0 spiro atoms. The van der Waals surface area contributed by atoms with E-state index in [4.69, 9.17) is 13.3 Å². The van der Waals surface area contributed by atoms with E-state index in [0.717, 1.165) is 82.2 Å². The second kappa shape index (κ2) is 9.87. The minimum absolute atomic E-state index is 0.872. The summed E-state index contributed by atoms with van der Waals surface area (Å²) >= 11 is 0.